The zero-order chi connectivity index (χ0) is 19.6. The van der Waals surface area contributed by atoms with Crippen molar-refractivity contribution in [1.82, 2.24) is 0 Å². The molecule has 1 aliphatic rings. The highest BCUT2D eigenvalue weighted by Crippen LogP contribution is 2.41. The minimum absolute atomic E-state index is 0.0974. The van der Waals surface area contributed by atoms with Gasteiger partial charge >= 0.3 is 0 Å². The Balaban J connectivity index is 1.96. The first-order valence-electron chi connectivity index (χ1n) is 7.69. The summed E-state index contributed by atoms with van der Waals surface area (Å²) in [6.07, 6.45) is 1.45. The highest BCUT2D eigenvalue weighted by Gasteiger charge is 2.38. The van der Waals surface area contributed by atoms with Gasteiger partial charge in [0.25, 0.3) is 16.8 Å². The number of anilines is 1. The number of nitro benzene ring substituents is 1. The molecule has 0 saturated carbocycles. The molecule has 0 spiro atoms. The Hall–Kier alpha value is -3.33. The van der Waals surface area contributed by atoms with Crippen molar-refractivity contribution < 1.29 is 24.0 Å². The molecule has 2 aromatic carbocycles. The van der Waals surface area contributed by atoms with E-state index in [-0.39, 0.29) is 10.6 Å². The number of rotatable bonds is 5. The van der Waals surface area contributed by atoms with Gasteiger partial charge in [0.05, 0.1) is 29.7 Å². The van der Waals surface area contributed by atoms with Gasteiger partial charge in [-0.25, -0.2) is 4.90 Å². The van der Waals surface area contributed by atoms with E-state index in [0.29, 0.717) is 22.7 Å². The van der Waals surface area contributed by atoms with Crippen LogP contribution in [0.15, 0.2) is 47.4 Å². The van der Waals surface area contributed by atoms with Crippen molar-refractivity contribution in [2.75, 3.05) is 19.1 Å². The fourth-order valence-corrected chi connectivity index (χ4v) is 3.36. The minimum Gasteiger partial charge on any atom is -0.497 e. The second kappa shape index (κ2) is 7.50. The van der Waals surface area contributed by atoms with Crippen molar-refractivity contribution in [3.8, 4) is 11.5 Å². The van der Waals surface area contributed by atoms with Gasteiger partial charge in [-0.3, -0.25) is 19.7 Å². The van der Waals surface area contributed by atoms with E-state index in [1.807, 2.05) is 0 Å². The third kappa shape index (κ3) is 3.63. The van der Waals surface area contributed by atoms with Crippen LogP contribution < -0.4 is 14.4 Å². The van der Waals surface area contributed by atoms with Crippen molar-refractivity contribution in [3.05, 3.63) is 63.0 Å². The SMILES string of the molecule is COc1ccc(N2C(=O)S/C(=C\c3cccc([N+](=O)[O-])c3)C2=O)c(OC)c1. The topological polar surface area (TPSA) is 99.0 Å². The molecule has 1 heterocycles. The molecule has 0 bridgehead atoms. The average Bonchev–Trinajstić information content (AvgIpc) is 2.94. The summed E-state index contributed by atoms with van der Waals surface area (Å²) in [4.78, 5) is 36.7. The van der Waals surface area contributed by atoms with Crippen LogP contribution in [0, 0.1) is 10.1 Å². The molecule has 0 radical (unpaired) electrons. The Kier molecular flexibility index (Phi) is 5.13. The maximum Gasteiger partial charge on any atom is 0.298 e. The van der Waals surface area contributed by atoms with E-state index in [9.17, 15) is 19.7 Å². The molecule has 0 unspecified atom stereocenters. The first-order valence-corrected chi connectivity index (χ1v) is 8.50. The molecule has 0 N–H and O–H groups in total. The van der Waals surface area contributed by atoms with Gasteiger partial charge in [0.2, 0.25) is 0 Å². The molecule has 0 aromatic heterocycles. The van der Waals surface area contributed by atoms with E-state index >= 15 is 0 Å². The summed E-state index contributed by atoms with van der Waals surface area (Å²) < 4.78 is 10.4. The number of thioether (sulfide) groups is 1. The summed E-state index contributed by atoms with van der Waals surface area (Å²) in [5.41, 5.74) is 0.652. The Morgan fingerprint density at radius 3 is 2.56 bits per heavy atom. The molecule has 27 heavy (non-hydrogen) atoms. The van der Waals surface area contributed by atoms with Crippen LogP contribution in [0.25, 0.3) is 6.08 Å². The van der Waals surface area contributed by atoms with Crippen LogP contribution in [0.2, 0.25) is 0 Å². The van der Waals surface area contributed by atoms with E-state index in [2.05, 4.69) is 0 Å². The molecule has 1 aliphatic heterocycles. The quantitative estimate of drug-likeness (QED) is 0.437. The number of hydrogen-bond donors (Lipinski definition) is 0. The van der Waals surface area contributed by atoms with Gasteiger partial charge in [0.1, 0.15) is 11.5 Å². The lowest BCUT2D eigenvalue weighted by atomic mass is 10.2. The summed E-state index contributed by atoms with van der Waals surface area (Å²) in [6.45, 7) is 0. The predicted molar refractivity (Wildman–Crippen MR) is 101 cm³/mol. The van der Waals surface area contributed by atoms with E-state index < -0.39 is 16.1 Å². The first kappa shape index (κ1) is 18.5. The van der Waals surface area contributed by atoms with E-state index in [1.54, 1.807) is 24.3 Å². The van der Waals surface area contributed by atoms with Crippen LogP contribution in [0.5, 0.6) is 11.5 Å². The molecule has 0 aliphatic carbocycles. The first-order chi connectivity index (χ1) is 12.9. The maximum absolute atomic E-state index is 12.8. The smallest absolute Gasteiger partial charge is 0.298 e. The van der Waals surface area contributed by atoms with Crippen molar-refractivity contribution >= 4 is 40.4 Å². The highest BCUT2D eigenvalue weighted by molar-refractivity contribution is 8.19. The van der Waals surface area contributed by atoms with Crippen molar-refractivity contribution in [1.29, 1.82) is 0 Å². The lowest BCUT2D eigenvalue weighted by Gasteiger charge is -2.16. The molecule has 138 valence electrons. The molecule has 1 saturated heterocycles. The number of hydrogen-bond acceptors (Lipinski definition) is 7. The van der Waals surface area contributed by atoms with Gasteiger partial charge in [0.15, 0.2) is 0 Å². The van der Waals surface area contributed by atoms with Crippen LogP contribution in [0.3, 0.4) is 0 Å². The molecule has 8 nitrogen and oxygen atoms in total. The predicted octanol–water partition coefficient (Wildman–Crippen LogP) is 3.85. The molecular formula is C18H14N2O6S. The second-order valence-electron chi connectivity index (χ2n) is 5.41. The number of methoxy groups -OCH3 is 2. The number of ether oxygens (including phenoxy) is 2. The average molecular weight is 386 g/mol. The number of carbonyl (C=O) groups is 2. The largest absolute Gasteiger partial charge is 0.497 e. The zero-order valence-electron chi connectivity index (χ0n) is 14.4. The lowest BCUT2D eigenvalue weighted by Crippen LogP contribution is -2.28. The van der Waals surface area contributed by atoms with Crippen LogP contribution in [0.1, 0.15) is 5.56 Å². The van der Waals surface area contributed by atoms with Gasteiger partial charge < -0.3 is 9.47 Å². The summed E-state index contributed by atoms with van der Waals surface area (Å²) in [6, 6.07) is 10.6. The van der Waals surface area contributed by atoms with Crippen molar-refractivity contribution in [3.63, 3.8) is 0 Å². The standard InChI is InChI=1S/C18H14N2O6S/c1-25-13-6-7-14(15(10-13)26-2)19-17(21)16(27-18(19)22)9-11-4-3-5-12(8-11)20(23)24/h3-10H,1-2H3/b16-9-. The number of imide groups is 1. The number of carbonyl (C=O) groups excluding carboxylic acids is 2. The Labute approximate surface area is 158 Å². The van der Waals surface area contributed by atoms with Gasteiger partial charge in [-0.05, 0) is 35.5 Å². The minimum atomic E-state index is -0.528. The molecule has 2 amide bonds. The van der Waals surface area contributed by atoms with Crippen LogP contribution in [0.4, 0.5) is 16.2 Å². The summed E-state index contributed by atoms with van der Waals surface area (Å²) >= 11 is 0.757. The van der Waals surface area contributed by atoms with E-state index in [4.69, 9.17) is 9.47 Å². The normalized spacial score (nSPS) is 15.3. The Morgan fingerprint density at radius 2 is 1.89 bits per heavy atom. The molecule has 2 aromatic rings. The molecule has 0 atom stereocenters. The van der Waals surface area contributed by atoms with Crippen LogP contribution >= 0.6 is 11.8 Å². The van der Waals surface area contributed by atoms with E-state index in [0.717, 1.165) is 16.7 Å². The molecular weight excluding hydrogens is 372 g/mol. The summed E-state index contributed by atoms with van der Waals surface area (Å²) in [7, 11) is 2.92. The third-order valence-electron chi connectivity index (χ3n) is 3.80. The number of amides is 2. The summed E-state index contributed by atoms with van der Waals surface area (Å²) in [5, 5.41) is 10.4. The number of nitro groups is 1. The van der Waals surface area contributed by atoms with E-state index in [1.165, 1.54) is 38.5 Å². The monoisotopic (exact) mass is 386 g/mol. The number of non-ortho nitro benzene ring substituents is 1. The lowest BCUT2D eigenvalue weighted by molar-refractivity contribution is -0.384. The highest BCUT2D eigenvalue weighted by atomic mass is 32.2. The Bertz CT molecular complexity index is 972. The number of nitrogens with zero attached hydrogens (tertiary/aromatic N) is 2. The molecule has 9 heteroatoms. The van der Waals surface area contributed by atoms with Gasteiger partial charge in [-0.15, -0.1) is 0 Å². The fourth-order valence-electron chi connectivity index (χ4n) is 2.52. The molecule has 1 fully saturated rings. The fraction of sp³-hybridized carbons (Fsp3) is 0.111. The molecule has 3 rings (SSSR count). The van der Waals surface area contributed by atoms with Gasteiger partial charge in [-0.1, -0.05) is 12.1 Å². The summed E-state index contributed by atoms with van der Waals surface area (Å²) in [5.74, 6) is 0.308. The third-order valence-corrected chi connectivity index (χ3v) is 4.67. The van der Waals surface area contributed by atoms with Crippen molar-refractivity contribution in [2.45, 2.75) is 0 Å². The second-order valence-corrected chi connectivity index (χ2v) is 6.40. The van der Waals surface area contributed by atoms with Crippen LogP contribution in [-0.4, -0.2) is 30.3 Å². The van der Waals surface area contributed by atoms with Gasteiger partial charge in [0, 0.05) is 18.2 Å². The maximum atomic E-state index is 12.8. The van der Waals surface area contributed by atoms with Gasteiger partial charge in [-0.2, -0.15) is 0 Å². The number of benzene rings is 2. The van der Waals surface area contributed by atoms with Crippen LogP contribution in [-0.2, 0) is 4.79 Å². The Morgan fingerprint density at radius 1 is 1.11 bits per heavy atom. The van der Waals surface area contributed by atoms with Crippen molar-refractivity contribution in [2.24, 2.45) is 0 Å². The zero-order valence-corrected chi connectivity index (χ0v) is 15.2.